The Balaban J connectivity index is 1.64. The van der Waals surface area contributed by atoms with Crippen LogP contribution < -0.4 is 5.32 Å². The molecule has 0 radical (unpaired) electrons. The normalized spacial score (nSPS) is 15.4. The van der Waals surface area contributed by atoms with E-state index in [1.54, 1.807) is 0 Å². The molecule has 0 aromatic heterocycles. The molecule has 1 aromatic carbocycles. The molecular weight excluding hydrogens is 366 g/mol. The third kappa shape index (κ3) is 8.44. The highest BCUT2D eigenvalue weighted by atomic mass is 16.6. The first-order valence-electron chi connectivity index (χ1n) is 10.7. The zero-order valence-corrected chi connectivity index (χ0v) is 18.7. The van der Waals surface area contributed by atoms with E-state index >= 15 is 0 Å². The predicted octanol–water partition coefficient (Wildman–Crippen LogP) is 3.76. The minimum atomic E-state index is -0.504. The van der Waals surface area contributed by atoms with E-state index in [-0.39, 0.29) is 5.91 Å². The number of ether oxygens (including phenoxy) is 1. The van der Waals surface area contributed by atoms with Gasteiger partial charge in [-0.15, -0.1) is 0 Å². The second-order valence-electron chi connectivity index (χ2n) is 9.09. The molecule has 6 heteroatoms. The molecule has 6 nitrogen and oxygen atoms in total. The van der Waals surface area contributed by atoms with Gasteiger partial charge in [0.05, 0.1) is 0 Å². The van der Waals surface area contributed by atoms with E-state index < -0.39 is 11.7 Å². The van der Waals surface area contributed by atoms with Crippen LogP contribution in [0.3, 0.4) is 0 Å². The van der Waals surface area contributed by atoms with Crippen LogP contribution in [0.25, 0.3) is 0 Å². The summed E-state index contributed by atoms with van der Waals surface area (Å²) in [5, 5.41) is 2.70. The number of nitrogens with one attached hydrogen (secondary N) is 1. The molecule has 2 amide bonds. The molecule has 2 rings (SSSR count). The van der Waals surface area contributed by atoms with Crippen molar-refractivity contribution in [3.63, 3.8) is 0 Å². The molecule has 1 aliphatic rings. The van der Waals surface area contributed by atoms with Crippen LogP contribution in [0.1, 0.15) is 64.5 Å². The minimum Gasteiger partial charge on any atom is -0.444 e. The van der Waals surface area contributed by atoms with Gasteiger partial charge in [-0.3, -0.25) is 9.69 Å². The van der Waals surface area contributed by atoms with Crippen molar-refractivity contribution in [2.75, 3.05) is 32.7 Å². The van der Waals surface area contributed by atoms with Crippen LogP contribution in [0, 0.1) is 0 Å². The van der Waals surface area contributed by atoms with Crippen LogP contribution in [-0.4, -0.2) is 60.1 Å². The maximum Gasteiger partial charge on any atom is 0.407 e. The summed E-state index contributed by atoms with van der Waals surface area (Å²) < 4.78 is 5.19. The zero-order valence-electron chi connectivity index (χ0n) is 18.7. The van der Waals surface area contributed by atoms with E-state index in [4.69, 9.17) is 4.74 Å². The lowest BCUT2D eigenvalue weighted by molar-refractivity contribution is -0.133. The maximum absolute atomic E-state index is 12.4. The Labute approximate surface area is 175 Å². The van der Waals surface area contributed by atoms with Crippen molar-refractivity contribution in [3.8, 4) is 0 Å². The number of rotatable bonds is 7. The summed E-state index contributed by atoms with van der Waals surface area (Å²) in [7, 11) is 0. The van der Waals surface area contributed by atoms with Gasteiger partial charge in [0, 0.05) is 45.7 Å². The highest BCUT2D eigenvalue weighted by Crippen LogP contribution is 2.16. The van der Waals surface area contributed by atoms with Crippen molar-refractivity contribution in [3.05, 3.63) is 35.4 Å². The first-order valence-corrected chi connectivity index (χ1v) is 10.7. The summed E-state index contributed by atoms with van der Waals surface area (Å²) in [4.78, 5) is 28.3. The predicted molar refractivity (Wildman–Crippen MR) is 116 cm³/mol. The molecule has 1 heterocycles. The smallest absolute Gasteiger partial charge is 0.407 e. The molecule has 1 aromatic rings. The average Bonchev–Trinajstić information content (AvgIpc) is 2.64. The molecule has 0 aliphatic carbocycles. The molecule has 29 heavy (non-hydrogen) atoms. The highest BCUT2D eigenvalue weighted by molar-refractivity contribution is 5.76. The molecule has 162 valence electrons. The molecule has 0 spiro atoms. The lowest BCUT2D eigenvalue weighted by atomic mass is 10.0. The Hall–Kier alpha value is -2.08. The first-order chi connectivity index (χ1) is 13.6. The molecule has 1 aliphatic heterocycles. The number of benzene rings is 1. The number of hydrogen-bond donors (Lipinski definition) is 1. The third-order valence-electron chi connectivity index (χ3n) is 5.01. The summed E-state index contributed by atoms with van der Waals surface area (Å²) in [5.41, 5.74) is 2.18. The standard InChI is InChI=1S/C23H37N3O3/c1-18(2)20-10-8-19(9-11-20)17-25-13-15-26(16-14-25)21(27)7-6-12-24-22(28)29-23(3,4)5/h8-11,18H,6-7,12-17H2,1-5H3,(H,24,28). The highest BCUT2D eigenvalue weighted by Gasteiger charge is 2.21. The van der Waals surface area contributed by atoms with Gasteiger partial charge in [0.15, 0.2) is 0 Å². The Morgan fingerprint density at radius 3 is 2.24 bits per heavy atom. The van der Waals surface area contributed by atoms with Crippen molar-refractivity contribution >= 4 is 12.0 Å². The van der Waals surface area contributed by atoms with E-state index in [1.807, 2.05) is 25.7 Å². The fourth-order valence-corrected chi connectivity index (χ4v) is 3.32. The lowest BCUT2D eigenvalue weighted by Crippen LogP contribution is -2.48. The SMILES string of the molecule is CC(C)c1ccc(CN2CCN(C(=O)CCCNC(=O)OC(C)(C)C)CC2)cc1. The van der Waals surface area contributed by atoms with Gasteiger partial charge in [-0.2, -0.15) is 0 Å². The van der Waals surface area contributed by atoms with E-state index in [0.717, 1.165) is 32.7 Å². The second-order valence-corrected chi connectivity index (χ2v) is 9.09. The van der Waals surface area contributed by atoms with Gasteiger partial charge in [-0.25, -0.2) is 4.79 Å². The Bertz CT molecular complexity index is 657. The quantitative estimate of drug-likeness (QED) is 0.704. The number of amides is 2. The van der Waals surface area contributed by atoms with Crippen molar-refractivity contribution in [2.45, 2.75) is 65.5 Å². The van der Waals surface area contributed by atoms with Crippen molar-refractivity contribution in [2.24, 2.45) is 0 Å². The average molecular weight is 404 g/mol. The topological polar surface area (TPSA) is 61.9 Å². The Morgan fingerprint density at radius 2 is 1.69 bits per heavy atom. The van der Waals surface area contributed by atoms with Crippen LogP contribution >= 0.6 is 0 Å². The summed E-state index contributed by atoms with van der Waals surface area (Å²) in [6.45, 7) is 14.6. The van der Waals surface area contributed by atoms with Crippen LogP contribution in [0.2, 0.25) is 0 Å². The van der Waals surface area contributed by atoms with Crippen molar-refractivity contribution < 1.29 is 14.3 Å². The number of alkyl carbamates (subject to hydrolysis) is 1. The number of carbonyl (C=O) groups is 2. The summed E-state index contributed by atoms with van der Waals surface area (Å²) >= 11 is 0. The largest absolute Gasteiger partial charge is 0.444 e. The molecule has 1 fully saturated rings. The van der Waals surface area contributed by atoms with Crippen molar-refractivity contribution in [1.82, 2.24) is 15.1 Å². The zero-order chi connectivity index (χ0) is 21.4. The van der Waals surface area contributed by atoms with Gasteiger partial charge >= 0.3 is 6.09 Å². The second kappa shape index (κ2) is 10.6. The fourth-order valence-electron chi connectivity index (χ4n) is 3.32. The number of carbonyl (C=O) groups excluding carboxylic acids is 2. The minimum absolute atomic E-state index is 0.164. The number of hydrogen-bond acceptors (Lipinski definition) is 4. The summed E-state index contributed by atoms with van der Waals surface area (Å²) in [6, 6.07) is 8.85. The molecule has 1 saturated heterocycles. The van der Waals surface area contributed by atoms with Gasteiger partial charge in [0.25, 0.3) is 0 Å². The van der Waals surface area contributed by atoms with Gasteiger partial charge in [-0.1, -0.05) is 38.1 Å². The van der Waals surface area contributed by atoms with Crippen LogP contribution in [-0.2, 0) is 16.1 Å². The van der Waals surface area contributed by atoms with Gasteiger partial charge in [0.2, 0.25) is 5.91 Å². The lowest BCUT2D eigenvalue weighted by Gasteiger charge is -2.35. The number of piperazine rings is 1. The number of nitrogens with zero attached hydrogens (tertiary/aromatic N) is 2. The van der Waals surface area contributed by atoms with Gasteiger partial charge in [-0.05, 0) is 44.2 Å². The molecule has 0 bridgehead atoms. The van der Waals surface area contributed by atoms with E-state index in [9.17, 15) is 9.59 Å². The van der Waals surface area contributed by atoms with Crippen molar-refractivity contribution in [1.29, 1.82) is 0 Å². The Morgan fingerprint density at radius 1 is 1.07 bits per heavy atom. The Kier molecular flexibility index (Phi) is 8.50. The molecule has 0 atom stereocenters. The molecular formula is C23H37N3O3. The van der Waals surface area contributed by atoms with Gasteiger partial charge < -0.3 is 15.0 Å². The maximum atomic E-state index is 12.4. The molecule has 0 saturated carbocycles. The molecule has 0 unspecified atom stereocenters. The fraction of sp³-hybridized carbons (Fsp3) is 0.652. The first kappa shape index (κ1) is 23.2. The van der Waals surface area contributed by atoms with E-state index in [1.165, 1.54) is 11.1 Å². The summed E-state index contributed by atoms with van der Waals surface area (Å²) in [5.74, 6) is 0.717. The summed E-state index contributed by atoms with van der Waals surface area (Å²) in [6.07, 6.45) is 0.646. The van der Waals surface area contributed by atoms with Gasteiger partial charge in [0.1, 0.15) is 5.60 Å². The third-order valence-corrected chi connectivity index (χ3v) is 5.01. The van der Waals surface area contributed by atoms with E-state index in [0.29, 0.717) is 25.3 Å². The van der Waals surface area contributed by atoms with Crippen LogP contribution in [0.5, 0.6) is 0 Å². The van der Waals surface area contributed by atoms with Crippen LogP contribution in [0.4, 0.5) is 4.79 Å². The monoisotopic (exact) mass is 403 g/mol. The molecule has 1 N–H and O–H groups in total. The van der Waals surface area contributed by atoms with E-state index in [2.05, 4.69) is 48.3 Å². The van der Waals surface area contributed by atoms with Crippen LogP contribution in [0.15, 0.2) is 24.3 Å².